The normalized spacial score (nSPS) is 10.8. The number of halogens is 3. The fourth-order valence-electron chi connectivity index (χ4n) is 1.09. The number of carbonyl (C=O) groups excluding carboxylic acids is 1. The molecule has 1 aromatic heterocycles. The van der Waals surface area contributed by atoms with Crippen LogP contribution < -0.4 is 24.0 Å². The first-order chi connectivity index (χ1) is 6.80. The van der Waals surface area contributed by atoms with Crippen LogP contribution in [0.4, 0.5) is 13.2 Å². The number of nitrogens with zero attached hydrogens (tertiary/aromatic N) is 1. The average molecular weight is 225 g/mol. The van der Waals surface area contributed by atoms with E-state index in [0.29, 0.717) is 0 Å². The van der Waals surface area contributed by atoms with E-state index in [2.05, 4.69) is 4.98 Å². The van der Waals surface area contributed by atoms with Gasteiger partial charge in [-0.25, -0.2) is 4.98 Å². The second-order valence-electron chi connectivity index (χ2n) is 2.99. The molecule has 0 spiro atoms. The van der Waals surface area contributed by atoms with Crippen LogP contribution in [0.3, 0.4) is 0 Å². The van der Waals surface area contributed by atoms with Crippen molar-refractivity contribution in [2.45, 2.75) is 19.5 Å². The zero-order valence-corrected chi connectivity index (χ0v) is 8.76. The summed E-state index contributed by atoms with van der Waals surface area (Å²) in [6.45, 7) is 1.33. The summed E-state index contributed by atoms with van der Waals surface area (Å²) in [5, 5.41) is 10.2. The molecule has 0 saturated heterocycles. The van der Waals surface area contributed by atoms with Crippen LogP contribution in [-0.2, 0) is 17.4 Å². The summed E-state index contributed by atoms with van der Waals surface area (Å²) in [6.07, 6.45) is -4.94. The minimum Gasteiger partial charge on any atom is -0.550 e. The van der Waals surface area contributed by atoms with E-state index in [9.17, 15) is 23.1 Å². The maximum Gasteiger partial charge on any atom is 1.00 e. The van der Waals surface area contributed by atoms with Gasteiger partial charge in [0.15, 0.2) is 0 Å². The van der Waals surface area contributed by atoms with Crippen LogP contribution in [0.2, 0.25) is 0 Å². The summed E-state index contributed by atoms with van der Waals surface area (Å²) in [4.78, 5) is 13.5. The van der Waals surface area contributed by atoms with Crippen molar-refractivity contribution in [2.24, 2.45) is 0 Å². The molecule has 0 aliphatic carbocycles. The van der Waals surface area contributed by atoms with Gasteiger partial charge in [0.1, 0.15) is 5.69 Å². The van der Waals surface area contributed by atoms with Crippen LogP contribution in [-0.4, -0.2) is 11.0 Å². The Bertz CT molecular complexity index is 393. The van der Waals surface area contributed by atoms with Gasteiger partial charge in [0.05, 0.1) is 0 Å². The summed E-state index contributed by atoms with van der Waals surface area (Å²) in [5.74, 6) is -1.35. The van der Waals surface area contributed by atoms with Crippen LogP contribution in [0.5, 0.6) is 0 Å². The van der Waals surface area contributed by atoms with E-state index in [4.69, 9.17) is 0 Å². The summed E-state index contributed by atoms with van der Waals surface area (Å²) in [6, 6.07) is 1.85. The molecule has 0 amide bonds. The fourth-order valence-corrected chi connectivity index (χ4v) is 1.09. The molecule has 0 radical (unpaired) electrons. The molecule has 1 rings (SSSR count). The second-order valence-corrected chi connectivity index (χ2v) is 2.99. The smallest absolute Gasteiger partial charge is 0.550 e. The molecule has 0 atom stereocenters. The maximum atomic E-state index is 12.2. The quantitative estimate of drug-likeness (QED) is 0.532. The Labute approximate surface area is 102 Å². The Morgan fingerprint density at radius 3 is 2.38 bits per heavy atom. The van der Waals surface area contributed by atoms with Crippen molar-refractivity contribution in [3.05, 3.63) is 29.1 Å². The SMILES string of the molecule is Cc1nc(C(F)(F)F)ccc1CC(=O)[O-].[Li+]. The summed E-state index contributed by atoms with van der Waals surface area (Å²) < 4.78 is 36.5. The second kappa shape index (κ2) is 5.37. The molecule has 7 heteroatoms. The van der Waals surface area contributed by atoms with Gasteiger partial charge in [0.25, 0.3) is 0 Å². The molecule has 0 unspecified atom stereocenters. The van der Waals surface area contributed by atoms with E-state index < -0.39 is 24.3 Å². The molecule has 3 nitrogen and oxygen atoms in total. The van der Waals surface area contributed by atoms with Gasteiger partial charge in [0, 0.05) is 18.1 Å². The van der Waals surface area contributed by atoms with Gasteiger partial charge in [-0.15, -0.1) is 0 Å². The minimum absolute atomic E-state index is 0. The van der Waals surface area contributed by atoms with Gasteiger partial charge in [-0.1, -0.05) is 6.07 Å². The number of carbonyl (C=O) groups is 1. The van der Waals surface area contributed by atoms with Crippen molar-refractivity contribution < 1.29 is 41.9 Å². The first-order valence-corrected chi connectivity index (χ1v) is 4.04. The molecule has 82 valence electrons. The predicted octanol–water partition coefficient (Wildman–Crippen LogP) is -2.29. The maximum absolute atomic E-state index is 12.2. The van der Waals surface area contributed by atoms with Crippen LogP contribution in [0, 0.1) is 6.92 Å². The molecular formula is C9H7F3LiNO2. The number of aliphatic carboxylic acids is 1. The van der Waals surface area contributed by atoms with Crippen molar-refractivity contribution in [1.29, 1.82) is 0 Å². The van der Waals surface area contributed by atoms with E-state index in [0.717, 1.165) is 12.1 Å². The van der Waals surface area contributed by atoms with Gasteiger partial charge >= 0.3 is 25.0 Å². The molecule has 0 aromatic carbocycles. The molecule has 0 aliphatic heterocycles. The van der Waals surface area contributed by atoms with Gasteiger partial charge in [-0.05, 0) is 18.6 Å². The zero-order chi connectivity index (χ0) is 11.6. The number of alkyl halides is 3. The van der Waals surface area contributed by atoms with Crippen molar-refractivity contribution in [3.63, 3.8) is 0 Å². The van der Waals surface area contributed by atoms with Gasteiger partial charge in [0.2, 0.25) is 0 Å². The van der Waals surface area contributed by atoms with Gasteiger partial charge < -0.3 is 9.90 Å². The zero-order valence-electron chi connectivity index (χ0n) is 8.76. The van der Waals surface area contributed by atoms with Crippen LogP contribution in [0.25, 0.3) is 0 Å². The number of hydrogen-bond donors (Lipinski definition) is 0. The van der Waals surface area contributed by atoms with Crippen molar-refractivity contribution in [1.82, 2.24) is 4.98 Å². The van der Waals surface area contributed by atoms with Crippen molar-refractivity contribution in [2.75, 3.05) is 0 Å². The van der Waals surface area contributed by atoms with Crippen molar-refractivity contribution in [3.8, 4) is 0 Å². The Morgan fingerprint density at radius 1 is 1.44 bits per heavy atom. The first-order valence-electron chi connectivity index (χ1n) is 4.04. The topological polar surface area (TPSA) is 53.0 Å². The number of pyridine rings is 1. The third kappa shape index (κ3) is 3.87. The molecule has 0 fully saturated rings. The molecule has 16 heavy (non-hydrogen) atoms. The number of carboxylic acids is 1. The summed E-state index contributed by atoms with van der Waals surface area (Å²) >= 11 is 0. The van der Waals surface area contributed by atoms with Gasteiger partial charge in [-0.2, -0.15) is 13.2 Å². The standard InChI is InChI=1S/C9H8F3NO2.Li/c1-5-6(4-8(14)15)2-3-7(13-5)9(10,11)12;/h2-3H,4H2,1H3,(H,14,15);/q;+1/p-1. The largest absolute Gasteiger partial charge is 1.00 e. The summed E-state index contributed by atoms with van der Waals surface area (Å²) in [5.41, 5.74) is -0.751. The number of hydrogen-bond acceptors (Lipinski definition) is 3. The van der Waals surface area contributed by atoms with Crippen molar-refractivity contribution >= 4 is 5.97 Å². The third-order valence-corrected chi connectivity index (χ3v) is 1.82. The summed E-state index contributed by atoms with van der Waals surface area (Å²) in [7, 11) is 0. The van der Waals surface area contributed by atoms with E-state index in [1.54, 1.807) is 0 Å². The monoisotopic (exact) mass is 225 g/mol. The van der Waals surface area contributed by atoms with E-state index >= 15 is 0 Å². The van der Waals surface area contributed by atoms with E-state index in [-0.39, 0.29) is 30.1 Å². The van der Waals surface area contributed by atoms with E-state index in [1.807, 2.05) is 0 Å². The average Bonchev–Trinajstić information content (AvgIpc) is 2.05. The number of rotatable bonds is 2. The number of aromatic nitrogens is 1. The van der Waals surface area contributed by atoms with Crippen LogP contribution >= 0.6 is 0 Å². The predicted molar refractivity (Wildman–Crippen MR) is 42.7 cm³/mol. The van der Waals surface area contributed by atoms with E-state index in [1.165, 1.54) is 6.92 Å². The molecule has 1 heterocycles. The molecule has 0 bridgehead atoms. The van der Waals surface area contributed by atoms with Crippen LogP contribution in [0.1, 0.15) is 17.0 Å². The third-order valence-electron chi connectivity index (χ3n) is 1.82. The van der Waals surface area contributed by atoms with Gasteiger partial charge in [-0.3, -0.25) is 0 Å². The fraction of sp³-hybridized carbons (Fsp3) is 0.333. The molecule has 1 aromatic rings. The number of aryl methyl sites for hydroxylation is 1. The molecule has 0 N–H and O–H groups in total. The first kappa shape index (κ1) is 15.0. The Morgan fingerprint density at radius 2 is 2.00 bits per heavy atom. The Kier molecular flexibility index (Phi) is 5.04. The molecular weight excluding hydrogens is 218 g/mol. The Hall–Kier alpha value is -0.993. The molecule has 0 aliphatic rings. The Balaban J connectivity index is 0.00000225. The van der Waals surface area contributed by atoms with Crippen LogP contribution in [0.15, 0.2) is 12.1 Å². The minimum atomic E-state index is -4.51. The number of carboxylic acid groups (broad SMARTS) is 1. The molecule has 0 saturated carbocycles.